The van der Waals surface area contributed by atoms with Crippen LogP contribution in [0.25, 0.3) is 0 Å². The number of hydrogen-bond donors (Lipinski definition) is 1. The minimum atomic E-state index is -0.914. The third-order valence-corrected chi connectivity index (χ3v) is 4.13. The number of rotatable bonds is 6. The predicted molar refractivity (Wildman–Crippen MR) is 67.3 cm³/mol. The smallest absolute Gasteiger partial charge is 0.310 e. The van der Waals surface area contributed by atoms with Gasteiger partial charge >= 0.3 is 5.97 Å². The van der Waals surface area contributed by atoms with Crippen molar-refractivity contribution in [2.75, 3.05) is 20.2 Å². The maximum atomic E-state index is 12.2. The van der Waals surface area contributed by atoms with E-state index in [2.05, 4.69) is 0 Å². The number of ether oxygens (including phenoxy) is 1. The second-order valence-corrected chi connectivity index (χ2v) is 4.96. The van der Waals surface area contributed by atoms with E-state index in [1.165, 1.54) is 0 Å². The fourth-order valence-electron chi connectivity index (χ4n) is 2.43. The first-order chi connectivity index (χ1) is 8.49. The van der Waals surface area contributed by atoms with E-state index < -0.39 is 11.4 Å². The Morgan fingerprint density at radius 3 is 2.39 bits per heavy atom. The standard InChI is InChI=1S/C13H23NO4/c1-4-13(5-2,12(16)17)8-11(15)14-7-6-10(9-14)18-3/h10H,4-9H2,1-3H3,(H,16,17). The van der Waals surface area contributed by atoms with E-state index in [1.54, 1.807) is 12.0 Å². The first-order valence-corrected chi connectivity index (χ1v) is 6.53. The number of amides is 1. The molecule has 1 N–H and O–H groups in total. The van der Waals surface area contributed by atoms with E-state index in [4.69, 9.17) is 4.74 Å². The van der Waals surface area contributed by atoms with Crippen LogP contribution >= 0.6 is 0 Å². The molecule has 1 heterocycles. The van der Waals surface area contributed by atoms with Crippen molar-refractivity contribution in [2.24, 2.45) is 5.41 Å². The van der Waals surface area contributed by atoms with Crippen LogP contribution in [0.4, 0.5) is 0 Å². The van der Waals surface area contributed by atoms with Crippen molar-refractivity contribution in [1.29, 1.82) is 0 Å². The van der Waals surface area contributed by atoms with Crippen LogP contribution in [0.1, 0.15) is 39.5 Å². The van der Waals surface area contributed by atoms with Gasteiger partial charge in [-0.15, -0.1) is 0 Å². The number of aliphatic carboxylic acids is 1. The van der Waals surface area contributed by atoms with Crippen LogP contribution in [-0.2, 0) is 14.3 Å². The van der Waals surface area contributed by atoms with Gasteiger partial charge in [0.2, 0.25) is 5.91 Å². The van der Waals surface area contributed by atoms with E-state index in [-0.39, 0.29) is 18.4 Å². The van der Waals surface area contributed by atoms with Gasteiger partial charge < -0.3 is 14.7 Å². The molecule has 0 spiro atoms. The fraction of sp³-hybridized carbons (Fsp3) is 0.846. The highest BCUT2D eigenvalue weighted by Gasteiger charge is 2.39. The monoisotopic (exact) mass is 257 g/mol. The van der Waals surface area contributed by atoms with Crippen molar-refractivity contribution in [3.63, 3.8) is 0 Å². The zero-order chi connectivity index (χ0) is 13.8. The number of carbonyl (C=O) groups is 2. The highest BCUT2D eigenvalue weighted by atomic mass is 16.5. The van der Waals surface area contributed by atoms with Gasteiger partial charge in [0.15, 0.2) is 0 Å². The summed E-state index contributed by atoms with van der Waals surface area (Å²) in [5, 5.41) is 9.32. The second kappa shape index (κ2) is 6.18. The van der Waals surface area contributed by atoms with Gasteiger partial charge in [-0.05, 0) is 19.3 Å². The average molecular weight is 257 g/mol. The normalized spacial score (nSPS) is 20.2. The van der Waals surface area contributed by atoms with Gasteiger partial charge in [0.05, 0.1) is 11.5 Å². The summed E-state index contributed by atoms with van der Waals surface area (Å²) in [6.07, 6.45) is 1.97. The fourth-order valence-corrected chi connectivity index (χ4v) is 2.43. The molecule has 1 atom stereocenters. The molecule has 1 aliphatic heterocycles. The summed E-state index contributed by atoms with van der Waals surface area (Å²) in [6, 6.07) is 0. The molecule has 18 heavy (non-hydrogen) atoms. The van der Waals surface area contributed by atoms with Gasteiger partial charge in [-0.3, -0.25) is 9.59 Å². The molecule has 5 nitrogen and oxygen atoms in total. The van der Waals surface area contributed by atoms with Gasteiger partial charge in [-0.25, -0.2) is 0 Å². The third kappa shape index (κ3) is 3.02. The van der Waals surface area contributed by atoms with Crippen molar-refractivity contribution in [2.45, 2.75) is 45.6 Å². The lowest BCUT2D eigenvalue weighted by Crippen LogP contribution is -2.38. The molecule has 5 heteroatoms. The van der Waals surface area contributed by atoms with E-state index in [0.717, 1.165) is 6.42 Å². The molecule has 104 valence electrons. The van der Waals surface area contributed by atoms with Crippen LogP contribution in [0.2, 0.25) is 0 Å². The molecule has 0 radical (unpaired) electrons. The van der Waals surface area contributed by atoms with E-state index in [1.807, 2.05) is 13.8 Å². The van der Waals surface area contributed by atoms with Crippen LogP contribution in [0.5, 0.6) is 0 Å². The molecular weight excluding hydrogens is 234 g/mol. The topological polar surface area (TPSA) is 66.8 Å². The van der Waals surface area contributed by atoms with Crippen molar-refractivity contribution in [1.82, 2.24) is 4.90 Å². The van der Waals surface area contributed by atoms with Crippen molar-refractivity contribution in [3.8, 4) is 0 Å². The summed E-state index contributed by atoms with van der Waals surface area (Å²) in [7, 11) is 1.64. The summed E-state index contributed by atoms with van der Waals surface area (Å²) >= 11 is 0. The lowest BCUT2D eigenvalue weighted by molar-refractivity contribution is -0.154. The van der Waals surface area contributed by atoms with Gasteiger partial charge in [-0.1, -0.05) is 13.8 Å². The van der Waals surface area contributed by atoms with Crippen LogP contribution in [0.3, 0.4) is 0 Å². The molecule has 0 aromatic rings. The molecule has 0 aliphatic carbocycles. The molecule has 1 amide bonds. The number of carbonyl (C=O) groups excluding carboxylic acids is 1. The van der Waals surface area contributed by atoms with E-state index >= 15 is 0 Å². The third-order valence-electron chi connectivity index (χ3n) is 4.13. The van der Waals surface area contributed by atoms with E-state index in [9.17, 15) is 14.7 Å². The zero-order valence-corrected chi connectivity index (χ0v) is 11.4. The van der Waals surface area contributed by atoms with Crippen LogP contribution in [-0.4, -0.2) is 48.2 Å². The van der Waals surface area contributed by atoms with Crippen molar-refractivity contribution >= 4 is 11.9 Å². The number of hydrogen-bond acceptors (Lipinski definition) is 3. The molecule has 0 aromatic carbocycles. The van der Waals surface area contributed by atoms with Gasteiger partial charge in [0.25, 0.3) is 0 Å². The molecule has 0 saturated carbocycles. The summed E-state index contributed by atoms with van der Waals surface area (Å²) in [6.45, 7) is 4.90. The number of likely N-dealkylation sites (tertiary alicyclic amines) is 1. The number of nitrogens with zero attached hydrogens (tertiary/aromatic N) is 1. The molecular formula is C13H23NO4. The minimum absolute atomic E-state index is 0.0688. The van der Waals surface area contributed by atoms with E-state index in [0.29, 0.717) is 25.9 Å². The van der Waals surface area contributed by atoms with Gasteiger partial charge in [0.1, 0.15) is 0 Å². The van der Waals surface area contributed by atoms with Crippen molar-refractivity contribution in [3.05, 3.63) is 0 Å². The summed E-state index contributed by atoms with van der Waals surface area (Å²) in [5.74, 6) is -0.941. The highest BCUT2D eigenvalue weighted by Crippen LogP contribution is 2.32. The number of carboxylic acid groups (broad SMARTS) is 1. The average Bonchev–Trinajstić information content (AvgIpc) is 2.84. The van der Waals surface area contributed by atoms with Crippen LogP contribution in [0.15, 0.2) is 0 Å². The summed E-state index contributed by atoms with van der Waals surface area (Å²) < 4.78 is 5.21. The predicted octanol–water partition coefficient (Wildman–Crippen LogP) is 1.51. The molecule has 1 unspecified atom stereocenters. The molecule has 1 fully saturated rings. The van der Waals surface area contributed by atoms with Crippen LogP contribution < -0.4 is 0 Å². The molecule has 0 aromatic heterocycles. The Kier molecular flexibility index (Phi) is 5.14. The maximum Gasteiger partial charge on any atom is 0.310 e. The largest absolute Gasteiger partial charge is 0.481 e. The summed E-state index contributed by atoms with van der Waals surface area (Å²) in [4.78, 5) is 25.2. The Hall–Kier alpha value is -1.10. The number of methoxy groups -OCH3 is 1. The molecule has 1 saturated heterocycles. The zero-order valence-electron chi connectivity index (χ0n) is 11.4. The Morgan fingerprint density at radius 1 is 1.39 bits per heavy atom. The Morgan fingerprint density at radius 2 is 2.00 bits per heavy atom. The number of carboxylic acids is 1. The first-order valence-electron chi connectivity index (χ1n) is 6.53. The SMILES string of the molecule is CCC(CC)(CC(=O)N1CCC(OC)C1)C(=O)O. The minimum Gasteiger partial charge on any atom is -0.481 e. The Balaban J connectivity index is 2.65. The highest BCUT2D eigenvalue weighted by molar-refractivity contribution is 5.85. The molecule has 0 bridgehead atoms. The van der Waals surface area contributed by atoms with Gasteiger partial charge in [-0.2, -0.15) is 0 Å². The molecule has 1 aliphatic rings. The molecule has 1 rings (SSSR count). The first kappa shape index (κ1) is 15.0. The Labute approximate surface area is 108 Å². The maximum absolute atomic E-state index is 12.2. The second-order valence-electron chi connectivity index (χ2n) is 4.96. The van der Waals surface area contributed by atoms with Gasteiger partial charge in [0, 0.05) is 26.6 Å². The van der Waals surface area contributed by atoms with Crippen molar-refractivity contribution < 1.29 is 19.4 Å². The Bertz CT molecular complexity index is 312. The quantitative estimate of drug-likeness (QED) is 0.783. The summed E-state index contributed by atoms with van der Waals surface area (Å²) in [5.41, 5.74) is -0.914. The van der Waals surface area contributed by atoms with Crippen LogP contribution in [0, 0.1) is 5.41 Å². The lowest BCUT2D eigenvalue weighted by Gasteiger charge is -2.28. The lowest BCUT2D eigenvalue weighted by atomic mass is 9.79.